The molecule has 7 aromatic rings. The molecule has 0 nitrogen and oxygen atoms in total. The summed E-state index contributed by atoms with van der Waals surface area (Å²) in [6.07, 6.45) is 0. The van der Waals surface area contributed by atoms with Crippen molar-refractivity contribution in [2.75, 3.05) is 0 Å². The van der Waals surface area contributed by atoms with Gasteiger partial charge in [0.05, 0.1) is 0 Å². The van der Waals surface area contributed by atoms with Gasteiger partial charge in [-0.25, -0.2) is 0 Å². The van der Waals surface area contributed by atoms with Crippen molar-refractivity contribution < 1.29 is 0 Å². The Morgan fingerprint density at radius 2 is 0.609 bits per heavy atom. The molecule has 0 aliphatic carbocycles. The van der Waals surface area contributed by atoms with Gasteiger partial charge in [-0.15, -0.1) is 11.3 Å². The minimum Gasteiger partial charge on any atom is -0.135 e. The fourth-order valence-electron chi connectivity index (χ4n) is 3.93. The summed E-state index contributed by atoms with van der Waals surface area (Å²) >= 11 is 1.95. The van der Waals surface area contributed by atoms with E-state index in [-0.39, 0.29) is 0 Å². The fraction of sp³-hybridized carbons (Fsp3) is 0. The lowest BCUT2D eigenvalue weighted by Gasteiger charge is -2.15. The van der Waals surface area contributed by atoms with Gasteiger partial charge in [0, 0.05) is 60.5 Å². The molecule has 0 bridgehead atoms. The molecule has 0 radical (unpaired) electrons. The van der Waals surface area contributed by atoms with Crippen LogP contribution in [-0.4, -0.2) is 0 Å². The summed E-state index contributed by atoms with van der Waals surface area (Å²) in [6.45, 7) is 0. The molecule has 3 heterocycles. The fourth-order valence-corrected chi connectivity index (χ4v) is 9.80. The molecule has 0 fully saturated rings. The lowest BCUT2D eigenvalue weighted by atomic mass is 9.94. The number of hydrogen-bond acceptors (Lipinski definition) is 5. The maximum absolute atomic E-state index is 2.32. The molecule has 0 saturated heterocycles. The van der Waals surface area contributed by atoms with E-state index in [9.17, 15) is 0 Å². The zero-order valence-corrected chi connectivity index (χ0v) is 15.6. The second-order valence-electron chi connectivity index (χ2n) is 5.87. The Morgan fingerprint density at radius 3 is 0.957 bits per heavy atom. The Hall–Kier alpha value is -1.24. The Bertz CT molecular complexity index is 1370. The molecular weight excluding hydrogens is 377 g/mol. The molecule has 0 saturated carbocycles. The van der Waals surface area contributed by atoms with Crippen molar-refractivity contribution >= 4 is 113 Å². The van der Waals surface area contributed by atoms with Crippen LogP contribution in [0, 0.1) is 0 Å². The number of benzene rings is 4. The van der Waals surface area contributed by atoms with Gasteiger partial charge in [-0.05, 0) is 36.4 Å². The molecule has 0 atom stereocenters. The predicted octanol–water partition coefficient (Wildman–Crippen LogP) is 8.35. The first kappa shape index (κ1) is 12.2. The predicted molar refractivity (Wildman–Crippen MR) is 112 cm³/mol. The van der Waals surface area contributed by atoms with Gasteiger partial charge in [-0.3, -0.25) is 0 Å². The minimum absolute atomic E-state index is 1.43. The lowest BCUT2D eigenvalue weighted by Crippen LogP contribution is -1.85. The van der Waals surface area contributed by atoms with E-state index >= 15 is 0 Å². The highest BCUT2D eigenvalue weighted by Crippen LogP contribution is 2.53. The van der Waals surface area contributed by atoms with Gasteiger partial charge < -0.3 is 0 Å². The van der Waals surface area contributed by atoms with Crippen molar-refractivity contribution in [2.24, 2.45) is 0 Å². The third kappa shape index (κ3) is 1.27. The van der Waals surface area contributed by atoms with Crippen LogP contribution in [0.25, 0.3) is 60.5 Å². The molecule has 23 heavy (non-hydrogen) atoms. The van der Waals surface area contributed by atoms with Crippen LogP contribution >= 0.6 is 52.7 Å². The standard InChI is InChI=1S/C18H6S5/c1-3-9-15-13-7(1)19-8-2-4-10-16(14(8)13)18-12(23-21-10)6-5-11(17(15)18)22-20-9/h1-6H. The summed E-state index contributed by atoms with van der Waals surface area (Å²) in [6, 6.07) is 13.9. The van der Waals surface area contributed by atoms with Gasteiger partial charge in [-0.1, -0.05) is 41.4 Å². The molecule has 0 N–H and O–H groups in total. The van der Waals surface area contributed by atoms with Gasteiger partial charge >= 0.3 is 0 Å². The second kappa shape index (κ2) is 3.87. The van der Waals surface area contributed by atoms with E-state index in [1.165, 1.54) is 60.5 Å². The van der Waals surface area contributed by atoms with Crippen molar-refractivity contribution in [2.45, 2.75) is 0 Å². The molecule has 0 amide bonds. The first-order valence-corrected chi connectivity index (χ1v) is 12.4. The maximum atomic E-state index is 2.32. The molecule has 4 aromatic carbocycles. The largest absolute Gasteiger partial charge is 0.135 e. The minimum atomic E-state index is 1.43. The van der Waals surface area contributed by atoms with E-state index in [0.29, 0.717) is 0 Å². The quantitative estimate of drug-likeness (QED) is 0.140. The topological polar surface area (TPSA) is 0 Å². The highest BCUT2D eigenvalue weighted by Gasteiger charge is 2.22. The Labute approximate surface area is 148 Å². The Balaban J connectivity index is 2.13. The van der Waals surface area contributed by atoms with E-state index in [0.717, 1.165) is 0 Å². The van der Waals surface area contributed by atoms with Crippen LogP contribution in [0.4, 0.5) is 0 Å². The highest BCUT2D eigenvalue weighted by molar-refractivity contribution is 7.74. The average molecular weight is 383 g/mol. The monoisotopic (exact) mass is 382 g/mol. The lowest BCUT2D eigenvalue weighted by molar-refractivity contribution is 2.01. The molecule has 5 heteroatoms. The van der Waals surface area contributed by atoms with E-state index in [1.54, 1.807) is 0 Å². The van der Waals surface area contributed by atoms with Gasteiger partial charge in [0.1, 0.15) is 0 Å². The summed E-state index contributed by atoms with van der Waals surface area (Å²) < 4.78 is 8.60. The van der Waals surface area contributed by atoms with Crippen molar-refractivity contribution in [3.8, 4) is 0 Å². The third-order valence-electron chi connectivity index (χ3n) is 4.80. The SMILES string of the molecule is c1cc2ssc3ccc4sc5ccc6ssc1c1c2c3c4c5c61. The van der Waals surface area contributed by atoms with Crippen LogP contribution < -0.4 is 0 Å². The Morgan fingerprint density at radius 1 is 0.348 bits per heavy atom. The van der Waals surface area contributed by atoms with Crippen molar-refractivity contribution in [3.63, 3.8) is 0 Å². The van der Waals surface area contributed by atoms with Crippen LogP contribution in [0.5, 0.6) is 0 Å². The molecule has 0 spiro atoms. The van der Waals surface area contributed by atoms with Gasteiger partial charge in [-0.2, -0.15) is 0 Å². The molecule has 0 aliphatic rings. The van der Waals surface area contributed by atoms with Crippen LogP contribution in [0.1, 0.15) is 0 Å². The first-order chi connectivity index (χ1) is 11.4. The normalized spacial score (nSPS) is 13.2. The Kier molecular flexibility index (Phi) is 2.05. The van der Waals surface area contributed by atoms with Gasteiger partial charge in [0.15, 0.2) is 0 Å². The molecule has 3 aromatic heterocycles. The number of hydrogen-bond donors (Lipinski definition) is 0. The van der Waals surface area contributed by atoms with Crippen molar-refractivity contribution in [1.82, 2.24) is 0 Å². The average Bonchev–Trinajstić information content (AvgIpc) is 2.99. The molecule has 7 rings (SSSR count). The highest BCUT2D eigenvalue weighted by atomic mass is 32.9. The smallest absolute Gasteiger partial charge is 0.0463 e. The summed E-state index contributed by atoms with van der Waals surface area (Å²) in [4.78, 5) is 0. The molecule has 108 valence electrons. The first-order valence-electron chi connectivity index (χ1n) is 7.29. The zero-order valence-electron chi connectivity index (χ0n) is 11.5. The van der Waals surface area contributed by atoms with Crippen LogP contribution in [0.15, 0.2) is 36.4 Å². The summed E-state index contributed by atoms with van der Waals surface area (Å²) in [7, 11) is 7.67. The third-order valence-corrected chi connectivity index (χ3v) is 10.8. The molecular formula is C18H6S5. The zero-order chi connectivity index (χ0) is 14.7. The van der Waals surface area contributed by atoms with Crippen LogP contribution in [-0.2, 0) is 0 Å². The molecule has 0 unspecified atom stereocenters. The van der Waals surface area contributed by atoms with Crippen LogP contribution in [0.2, 0.25) is 0 Å². The molecule has 0 aliphatic heterocycles. The maximum Gasteiger partial charge on any atom is 0.0463 e. The van der Waals surface area contributed by atoms with E-state index in [1.807, 2.05) is 52.7 Å². The van der Waals surface area contributed by atoms with Gasteiger partial charge in [0.2, 0.25) is 0 Å². The number of rotatable bonds is 0. The summed E-state index contributed by atoms with van der Waals surface area (Å²) in [5.74, 6) is 0. The summed E-state index contributed by atoms with van der Waals surface area (Å²) in [5, 5.41) is 9.01. The summed E-state index contributed by atoms with van der Waals surface area (Å²) in [5.41, 5.74) is 0. The van der Waals surface area contributed by atoms with Crippen molar-refractivity contribution in [3.05, 3.63) is 36.4 Å². The van der Waals surface area contributed by atoms with Gasteiger partial charge in [0.25, 0.3) is 0 Å². The second-order valence-corrected chi connectivity index (χ2v) is 11.4. The van der Waals surface area contributed by atoms with E-state index in [2.05, 4.69) is 36.4 Å². The van der Waals surface area contributed by atoms with Crippen LogP contribution in [0.3, 0.4) is 0 Å². The number of thiophene rings is 1. The van der Waals surface area contributed by atoms with E-state index < -0.39 is 0 Å². The van der Waals surface area contributed by atoms with Crippen molar-refractivity contribution in [1.29, 1.82) is 0 Å². The van der Waals surface area contributed by atoms with E-state index in [4.69, 9.17) is 0 Å².